The molecule has 78 valence electrons. The number of likely N-dealkylation sites (N-methyl/N-ethyl adjacent to an activating group) is 1. The van der Waals surface area contributed by atoms with Gasteiger partial charge in [-0.1, -0.05) is 12.1 Å². The van der Waals surface area contributed by atoms with Gasteiger partial charge in [-0.3, -0.25) is 0 Å². The lowest BCUT2D eigenvalue weighted by atomic mass is 10.2. The molecule has 0 spiro atoms. The molecule has 1 aromatic rings. The highest BCUT2D eigenvalue weighted by molar-refractivity contribution is 9.10. The Morgan fingerprint density at radius 2 is 2.07 bits per heavy atom. The Morgan fingerprint density at radius 1 is 1.36 bits per heavy atom. The van der Waals surface area contributed by atoms with Gasteiger partial charge in [0.25, 0.3) is 0 Å². The predicted molar refractivity (Wildman–Crippen MR) is 65.9 cm³/mol. The van der Waals surface area contributed by atoms with Crippen molar-refractivity contribution in [2.45, 2.75) is 6.92 Å². The van der Waals surface area contributed by atoms with E-state index in [0.29, 0.717) is 0 Å². The number of aryl methyl sites for hydroxylation is 1. The van der Waals surface area contributed by atoms with Crippen molar-refractivity contribution in [2.75, 3.05) is 32.5 Å². The first kappa shape index (κ1) is 11.5. The fraction of sp³-hybridized carbons (Fsp3) is 0.455. The highest BCUT2D eigenvalue weighted by Gasteiger charge is 2.00. The van der Waals surface area contributed by atoms with E-state index in [4.69, 9.17) is 0 Å². The lowest BCUT2D eigenvalue weighted by Gasteiger charge is -2.13. The number of halogens is 1. The lowest BCUT2D eigenvalue weighted by molar-refractivity contribution is 0.425. The second kappa shape index (κ2) is 5.37. The van der Waals surface area contributed by atoms with E-state index < -0.39 is 0 Å². The van der Waals surface area contributed by atoms with Crippen molar-refractivity contribution in [1.82, 2.24) is 4.90 Å². The van der Waals surface area contributed by atoms with Crippen molar-refractivity contribution < 1.29 is 0 Å². The highest BCUT2D eigenvalue weighted by atomic mass is 79.9. The molecule has 0 unspecified atom stereocenters. The van der Waals surface area contributed by atoms with Gasteiger partial charge in [0.1, 0.15) is 0 Å². The molecule has 0 aromatic heterocycles. The maximum atomic E-state index is 3.57. The van der Waals surface area contributed by atoms with Crippen LogP contribution in [0.25, 0.3) is 0 Å². The van der Waals surface area contributed by atoms with Gasteiger partial charge in [0.15, 0.2) is 0 Å². The minimum Gasteiger partial charge on any atom is -0.383 e. The average molecular weight is 257 g/mol. The summed E-state index contributed by atoms with van der Waals surface area (Å²) in [6.07, 6.45) is 0. The van der Waals surface area contributed by atoms with Crippen LogP contribution in [0.5, 0.6) is 0 Å². The Hall–Kier alpha value is -0.540. The SMILES string of the molecule is Cc1cccc(NCCN(C)C)c1Br. The second-order valence-electron chi connectivity index (χ2n) is 3.67. The van der Waals surface area contributed by atoms with Crippen LogP contribution in [0.1, 0.15) is 5.56 Å². The van der Waals surface area contributed by atoms with E-state index in [-0.39, 0.29) is 0 Å². The fourth-order valence-electron chi connectivity index (χ4n) is 1.20. The molecule has 0 saturated heterocycles. The van der Waals surface area contributed by atoms with Gasteiger partial charge in [-0.2, -0.15) is 0 Å². The molecule has 2 nitrogen and oxygen atoms in total. The summed E-state index contributed by atoms with van der Waals surface area (Å²) in [6.45, 7) is 4.11. The molecule has 0 aliphatic carbocycles. The molecule has 0 heterocycles. The first-order valence-electron chi connectivity index (χ1n) is 4.75. The fourth-order valence-corrected chi connectivity index (χ4v) is 1.60. The molecule has 0 amide bonds. The maximum Gasteiger partial charge on any atom is 0.0487 e. The van der Waals surface area contributed by atoms with E-state index in [2.05, 4.69) is 65.4 Å². The lowest BCUT2D eigenvalue weighted by Crippen LogP contribution is -2.20. The molecule has 0 aliphatic heterocycles. The van der Waals surface area contributed by atoms with Gasteiger partial charge in [0.05, 0.1) is 0 Å². The number of rotatable bonds is 4. The van der Waals surface area contributed by atoms with Crippen LogP contribution in [-0.2, 0) is 0 Å². The third kappa shape index (κ3) is 3.31. The number of anilines is 1. The molecule has 1 N–H and O–H groups in total. The van der Waals surface area contributed by atoms with Gasteiger partial charge in [-0.15, -0.1) is 0 Å². The maximum absolute atomic E-state index is 3.57. The number of benzene rings is 1. The van der Waals surface area contributed by atoms with Crippen molar-refractivity contribution in [3.05, 3.63) is 28.2 Å². The minimum absolute atomic E-state index is 0.967. The molecule has 0 bridgehead atoms. The van der Waals surface area contributed by atoms with E-state index in [9.17, 15) is 0 Å². The van der Waals surface area contributed by atoms with Crippen molar-refractivity contribution in [3.63, 3.8) is 0 Å². The van der Waals surface area contributed by atoms with E-state index in [1.165, 1.54) is 15.7 Å². The minimum atomic E-state index is 0.967. The topological polar surface area (TPSA) is 15.3 Å². The molecule has 1 aromatic carbocycles. The molecule has 0 atom stereocenters. The Labute approximate surface area is 94.4 Å². The predicted octanol–water partition coefficient (Wildman–Crippen LogP) is 2.73. The summed E-state index contributed by atoms with van der Waals surface area (Å²) in [4.78, 5) is 2.16. The van der Waals surface area contributed by atoms with Crippen LogP contribution in [0.3, 0.4) is 0 Å². The molecule has 0 saturated carbocycles. The molecular weight excluding hydrogens is 240 g/mol. The summed E-state index contributed by atoms with van der Waals surface area (Å²) in [5, 5.41) is 3.40. The van der Waals surface area contributed by atoms with E-state index in [0.717, 1.165) is 13.1 Å². The molecule has 0 radical (unpaired) electrons. The van der Waals surface area contributed by atoms with Crippen molar-refractivity contribution in [1.29, 1.82) is 0 Å². The Morgan fingerprint density at radius 3 is 2.71 bits per heavy atom. The number of nitrogens with zero attached hydrogens (tertiary/aromatic N) is 1. The summed E-state index contributed by atoms with van der Waals surface area (Å²) >= 11 is 3.57. The Kier molecular flexibility index (Phi) is 4.42. The second-order valence-corrected chi connectivity index (χ2v) is 4.46. The zero-order valence-electron chi connectivity index (χ0n) is 8.97. The largest absolute Gasteiger partial charge is 0.383 e. The standard InChI is InChI=1S/C11H17BrN2/c1-9-5-4-6-10(11(9)12)13-7-8-14(2)3/h4-6,13H,7-8H2,1-3H3. The normalized spacial score (nSPS) is 10.6. The first-order valence-corrected chi connectivity index (χ1v) is 5.54. The summed E-state index contributed by atoms with van der Waals surface area (Å²) in [5.74, 6) is 0. The van der Waals surface area contributed by atoms with Crippen LogP contribution in [-0.4, -0.2) is 32.1 Å². The summed E-state index contributed by atoms with van der Waals surface area (Å²) in [5.41, 5.74) is 2.44. The molecule has 0 fully saturated rings. The zero-order valence-corrected chi connectivity index (χ0v) is 10.6. The molecule has 0 aliphatic rings. The quantitative estimate of drug-likeness (QED) is 0.892. The van der Waals surface area contributed by atoms with E-state index in [1.54, 1.807) is 0 Å². The Bertz CT molecular complexity index is 297. The molecule has 3 heteroatoms. The smallest absolute Gasteiger partial charge is 0.0487 e. The van der Waals surface area contributed by atoms with Gasteiger partial charge in [-0.25, -0.2) is 0 Å². The van der Waals surface area contributed by atoms with Crippen LogP contribution >= 0.6 is 15.9 Å². The van der Waals surface area contributed by atoms with Crippen LogP contribution in [0.15, 0.2) is 22.7 Å². The molecule has 1 rings (SSSR count). The van der Waals surface area contributed by atoms with E-state index >= 15 is 0 Å². The van der Waals surface area contributed by atoms with Crippen LogP contribution in [0, 0.1) is 6.92 Å². The summed E-state index contributed by atoms with van der Waals surface area (Å²) in [6, 6.07) is 6.26. The van der Waals surface area contributed by atoms with Gasteiger partial charge in [-0.05, 0) is 48.6 Å². The van der Waals surface area contributed by atoms with Gasteiger partial charge in [0.2, 0.25) is 0 Å². The van der Waals surface area contributed by atoms with Crippen molar-refractivity contribution >= 4 is 21.6 Å². The Balaban J connectivity index is 2.54. The third-order valence-corrected chi connectivity index (χ3v) is 3.12. The summed E-state index contributed by atoms with van der Waals surface area (Å²) < 4.78 is 1.17. The van der Waals surface area contributed by atoms with E-state index in [1.807, 2.05) is 0 Å². The number of hydrogen-bond donors (Lipinski definition) is 1. The monoisotopic (exact) mass is 256 g/mol. The van der Waals surface area contributed by atoms with Crippen molar-refractivity contribution in [2.24, 2.45) is 0 Å². The number of hydrogen-bond acceptors (Lipinski definition) is 2. The van der Waals surface area contributed by atoms with Gasteiger partial charge >= 0.3 is 0 Å². The zero-order chi connectivity index (χ0) is 10.6. The van der Waals surface area contributed by atoms with Crippen LogP contribution in [0.2, 0.25) is 0 Å². The summed E-state index contributed by atoms with van der Waals surface area (Å²) in [7, 11) is 4.15. The number of nitrogens with one attached hydrogen (secondary N) is 1. The van der Waals surface area contributed by atoms with Gasteiger partial charge in [0, 0.05) is 23.2 Å². The van der Waals surface area contributed by atoms with Gasteiger partial charge < -0.3 is 10.2 Å². The molecular formula is C11H17BrN2. The highest BCUT2D eigenvalue weighted by Crippen LogP contribution is 2.25. The molecule has 14 heavy (non-hydrogen) atoms. The first-order chi connectivity index (χ1) is 6.61. The van der Waals surface area contributed by atoms with Crippen LogP contribution in [0.4, 0.5) is 5.69 Å². The van der Waals surface area contributed by atoms with Crippen molar-refractivity contribution in [3.8, 4) is 0 Å². The van der Waals surface area contributed by atoms with Crippen LogP contribution < -0.4 is 5.32 Å². The third-order valence-electron chi connectivity index (χ3n) is 2.07. The average Bonchev–Trinajstić information content (AvgIpc) is 2.12.